The molecule has 1 aliphatic carbocycles. The van der Waals surface area contributed by atoms with Gasteiger partial charge in [0.2, 0.25) is 0 Å². The van der Waals surface area contributed by atoms with Crippen molar-refractivity contribution in [2.24, 2.45) is 0 Å². The summed E-state index contributed by atoms with van der Waals surface area (Å²) in [5.41, 5.74) is 3.17. The minimum Gasteiger partial charge on any atom is -0.465 e. The van der Waals surface area contributed by atoms with E-state index in [0.717, 1.165) is 28.5 Å². The van der Waals surface area contributed by atoms with E-state index in [-0.39, 0.29) is 5.97 Å². The van der Waals surface area contributed by atoms with Crippen LogP contribution in [0.15, 0.2) is 12.1 Å². The van der Waals surface area contributed by atoms with Crippen LogP contribution in [0.4, 0.5) is 0 Å². The van der Waals surface area contributed by atoms with Gasteiger partial charge in [0.05, 0.1) is 12.7 Å². The number of rotatable bonds is 5. The number of aryl methyl sites for hydroxylation is 1. The van der Waals surface area contributed by atoms with Gasteiger partial charge in [0.15, 0.2) is 0 Å². The summed E-state index contributed by atoms with van der Waals surface area (Å²) < 4.78 is 4.86. The monoisotopic (exact) mass is 291 g/mol. The van der Waals surface area contributed by atoms with Crippen molar-refractivity contribution in [3.63, 3.8) is 0 Å². The third-order valence-electron chi connectivity index (χ3n) is 3.91. The molecule has 20 heavy (non-hydrogen) atoms. The van der Waals surface area contributed by atoms with Crippen molar-refractivity contribution in [1.82, 2.24) is 0 Å². The summed E-state index contributed by atoms with van der Waals surface area (Å²) in [6.45, 7) is 2.09. The first-order chi connectivity index (χ1) is 9.69. The molecule has 1 unspecified atom stereocenters. The lowest BCUT2D eigenvalue weighted by Gasteiger charge is -2.16. The Morgan fingerprint density at radius 3 is 2.70 bits per heavy atom. The molecule has 0 spiro atoms. The molecule has 1 N–H and O–H groups in total. The summed E-state index contributed by atoms with van der Waals surface area (Å²) in [6, 6.07) is 4.04. The molecular weight excluding hydrogens is 269 g/mol. The van der Waals surface area contributed by atoms with Gasteiger partial charge in [-0.05, 0) is 41.9 Å². The van der Waals surface area contributed by atoms with Crippen LogP contribution in [0, 0.1) is 5.41 Å². The first-order valence-electron chi connectivity index (χ1n) is 7.21. The summed E-state index contributed by atoms with van der Waals surface area (Å²) in [5.74, 6) is -0.337. The molecule has 1 aliphatic rings. The van der Waals surface area contributed by atoms with Gasteiger partial charge in [-0.15, -0.1) is 0 Å². The molecule has 0 radical (unpaired) electrons. The highest BCUT2D eigenvalue weighted by Crippen LogP contribution is 2.34. The molecule has 108 valence electrons. The maximum atomic E-state index is 11.9. The van der Waals surface area contributed by atoms with Crippen LogP contribution < -0.4 is 5.30 Å². The standard InChI is InChI=1S/C16H22NO2P/c1-3-11-8-13(16(18)19-2)14(10-17)15(9-11)20-12-6-4-5-7-12/h8-10,12,17,20H,3-7H2,1-2H3. The number of esters is 1. The fraction of sp³-hybridized carbons (Fsp3) is 0.500. The molecule has 0 saturated heterocycles. The second-order valence-corrected chi connectivity index (χ2v) is 6.86. The number of hydrogen-bond acceptors (Lipinski definition) is 3. The zero-order chi connectivity index (χ0) is 14.5. The first-order valence-corrected chi connectivity index (χ1v) is 8.29. The molecule has 4 heteroatoms. The molecule has 1 aromatic carbocycles. The second kappa shape index (κ2) is 6.99. The van der Waals surface area contributed by atoms with Gasteiger partial charge >= 0.3 is 5.97 Å². The van der Waals surface area contributed by atoms with E-state index >= 15 is 0 Å². The van der Waals surface area contributed by atoms with Gasteiger partial charge in [-0.3, -0.25) is 0 Å². The normalized spacial score (nSPS) is 15.9. The van der Waals surface area contributed by atoms with Gasteiger partial charge in [0.1, 0.15) is 0 Å². The number of hydrogen-bond donors (Lipinski definition) is 1. The van der Waals surface area contributed by atoms with Crippen LogP contribution in [0.2, 0.25) is 0 Å². The number of carbonyl (C=O) groups is 1. The Kier molecular flexibility index (Phi) is 5.31. The van der Waals surface area contributed by atoms with E-state index in [1.165, 1.54) is 39.0 Å². The van der Waals surface area contributed by atoms with Crippen LogP contribution in [0.1, 0.15) is 54.1 Å². The first kappa shape index (κ1) is 15.2. The van der Waals surface area contributed by atoms with Crippen LogP contribution >= 0.6 is 8.58 Å². The summed E-state index contributed by atoms with van der Waals surface area (Å²) in [6.07, 6.45) is 7.39. The van der Waals surface area contributed by atoms with Crippen LogP contribution in [-0.2, 0) is 11.2 Å². The van der Waals surface area contributed by atoms with Crippen molar-refractivity contribution in [1.29, 1.82) is 5.41 Å². The van der Waals surface area contributed by atoms with Crippen LogP contribution in [-0.4, -0.2) is 25.0 Å². The Morgan fingerprint density at radius 1 is 1.45 bits per heavy atom. The highest BCUT2D eigenvalue weighted by atomic mass is 31.1. The van der Waals surface area contributed by atoms with Crippen LogP contribution in [0.25, 0.3) is 0 Å². The molecule has 1 aromatic rings. The predicted octanol–water partition coefficient (Wildman–Crippen LogP) is 3.28. The van der Waals surface area contributed by atoms with Gasteiger partial charge < -0.3 is 10.1 Å². The average Bonchev–Trinajstić information content (AvgIpc) is 2.98. The van der Waals surface area contributed by atoms with E-state index in [1.54, 1.807) is 0 Å². The largest absolute Gasteiger partial charge is 0.465 e. The Hall–Kier alpha value is -1.21. The van der Waals surface area contributed by atoms with E-state index in [0.29, 0.717) is 14.1 Å². The van der Waals surface area contributed by atoms with E-state index in [2.05, 4.69) is 13.0 Å². The Bertz CT molecular complexity index is 507. The lowest BCUT2D eigenvalue weighted by Crippen LogP contribution is -2.16. The molecule has 1 fully saturated rings. The Labute approximate surface area is 122 Å². The fourth-order valence-corrected chi connectivity index (χ4v) is 4.53. The SMILES string of the molecule is CCc1cc(PC2CCCC2)c(C=N)c(C(=O)OC)c1. The molecule has 3 nitrogen and oxygen atoms in total. The van der Waals surface area contributed by atoms with E-state index in [4.69, 9.17) is 10.1 Å². The van der Waals surface area contributed by atoms with E-state index in [1.807, 2.05) is 6.07 Å². The minimum absolute atomic E-state index is 0.337. The molecule has 0 heterocycles. The highest BCUT2D eigenvalue weighted by molar-refractivity contribution is 7.48. The zero-order valence-electron chi connectivity index (χ0n) is 12.2. The quantitative estimate of drug-likeness (QED) is 0.514. The molecule has 0 bridgehead atoms. The topological polar surface area (TPSA) is 50.2 Å². The van der Waals surface area contributed by atoms with Gasteiger partial charge in [0.25, 0.3) is 0 Å². The lowest BCUT2D eigenvalue weighted by molar-refractivity contribution is 0.0600. The highest BCUT2D eigenvalue weighted by Gasteiger charge is 2.20. The minimum atomic E-state index is -0.337. The predicted molar refractivity (Wildman–Crippen MR) is 85.3 cm³/mol. The maximum Gasteiger partial charge on any atom is 0.338 e. The summed E-state index contributed by atoms with van der Waals surface area (Å²) in [4.78, 5) is 11.9. The van der Waals surface area contributed by atoms with Gasteiger partial charge in [-0.25, -0.2) is 4.79 Å². The molecule has 1 saturated carbocycles. The third kappa shape index (κ3) is 3.27. The number of nitrogens with one attached hydrogen (secondary N) is 1. The van der Waals surface area contributed by atoms with Crippen molar-refractivity contribution in [2.75, 3.05) is 7.11 Å². The molecule has 0 amide bonds. The maximum absolute atomic E-state index is 11.9. The van der Waals surface area contributed by atoms with Crippen molar-refractivity contribution < 1.29 is 9.53 Å². The summed E-state index contributed by atoms with van der Waals surface area (Å²) in [7, 11) is 2.09. The number of benzene rings is 1. The van der Waals surface area contributed by atoms with Crippen LogP contribution in [0.5, 0.6) is 0 Å². The molecule has 0 aliphatic heterocycles. The molecule has 1 atom stereocenters. The molecule has 2 rings (SSSR count). The Morgan fingerprint density at radius 2 is 2.15 bits per heavy atom. The fourth-order valence-electron chi connectivity index (χ4n) is 2.76. The third-order valence-corrected chi connectivity index (χ3v) is 5.62. The van der Waals surface area contributed by atoms with Gasteiger partial charge in [0, 0.05) is 11.8 Å². The number of ether oxygens (including phenoxy) is 1. The molecular formula is C16H22NO2P. The zero-order valence-corrected chi connectivity index (χ0v) is 13.2. The Balaban J connectivity index is 2.41. The lowest BCUT2D eigenvalue weighted by atomic mass is 10.0. The number of methoxy groups -OCH3 is 1. The second-order valence-electron chi connectivity index (χ2n) is 5.22. The van der Waals surface area contributed by atoms with Crippen molar-refractivity contribution in [3.05, 3.63) is 28.8 Å². The van der Waals surface area contributed by atoms with E-state index in [9.17, 15) is 4.79 Å². The van der Waals surface area contributed by atoms with Crippen molar-refractivity contribution in [2.45, 2.75) is 44.7 Å². The van der Waals surface area contributed by atoms with Gasteiger partial charge in [-0.1, -0.05) is 34.4 Å². The van der Waals surface area contributed by atoms with Gasteiger partial charge in [-0.2, -0.15) is 0 Å². The number of carbonyl (C=O) groups excluding carboxylic acids is 1. The average molecular weight is 291 g/mol. The summed E-state index contributed by atoms with van der Waals surface area (Å²) in [5, 5.41) is 8.83. The van der Waals surface area contributed by atoms with E-state index < -0.39 is 0 Å². The van der Waals surface area contributed by atoms with Crippen LogP contribution in [0.3, 0.4) is 0 Å². The molecule has 0 aromatic heterocycles. The smallest absolute Gasteiger partial charge is 0.338 e. The van der Waals surface area contributed by atoms with Crippen molar-refractivity contribution in [3.8, 4) is 0 Å². The summed E-state index contributed by atoms with van der Waals surface area (Å²) >= 11 is 0. The van der Waals surface area contributed by atoms with Crippen molar-refractivity contribution >= 4 is 26.1 Å².